The molecule has 0 saturated heterocycles. The van der Waals surface area contributed by atoms with Gasteiger partial charge in [0.2, 0.25) is 0 Å². The molecule has 0 aromatic heterocycles. The van der Waals surface area contributed by atoms with Gasteiger partial charge in [-0.3, -0.25) is 4.79 Å². The summed E-state index contributed by atoms with van der Waals surface area (Å²) in [6, 6.07) is 5.98. The molecular formula is C11H13BrO2S. The van der Waals surface area contributed by atoms with Gasteiger partial charge in [0.1, 0.15) is 0 Å². The number of rotatable bonds is 4. The van der Waals surface area contributed by atoms with Gasteiger partial charge in [-0.1, -0.05) is 22.9 Å². The third-order valence-electron chi connectivity index (χ3n) is 2.19. The van der Waals surface area contributed by atoms with Gasteiger partial charge in [-0.15, -0.1) is 11.8 Å². The van der Waals surface area contributed by atoms with Crippen LogP contribution in [0, 0.1) is 5.92 Å². The Bertz CT molecular complexity index is 366. The van der Waals surface area contributed by atoms with Crippen molar-refractivity contribution in [1.82, 2.24) is 0 Å². The van der Waals surface area contributed by atoms with Gasteiger partial charge in [0.25, 0.3) is 0 Å². The lowest BCUT2D eigenvalue weighted by atomic mass is 10.0. The van der Waals surface area contributed by atoms with Crippen LogP contribution in [0.4, 0.5) is 0 Å². The summed E-state index contributed by atoms with van der Waals surface area (Å²) in [5.41, 5.74) is 1.09. The third-order valence-corrected chi connectivity index (χ3v) is 3.52. The largest absolute Gasteiger partial charge is 0.481 e. The summed E-state index contributed by atoms with van der Waals surface area (Å²) in [5.74, 6) is -1.09. The van der Waals surface area contributed by atoms with Crippen LogP contribution >= 0.6 is 27.7 Å². The van der Waals surface area contributed by atoms with Crippen LogP contribution in [0.5, 0.6) is 0 Å². The van der Waals surface area contributed by atoms with Crippen molar-refractivity contribution in [2.24, 2.45) is 5.92 Å². The fraction of sp³-hybridized carbons (Fsp3) is 0.364. The van der Waals surface area contributed by atoms with Crippen LogP contribution < -0.4 is 0 Å². The summed E-state index contributed by atoms with van der Waals surface area (Å²) >= 11 is 5.04. The Balaban J connectivity index is 2.91. The van der Waals surface area contributed by atoms with E-state index in [0.717, 1.165) is 14.9 Å². The van der Waals surface area contributed by atoms with Gasteiger partial charge < -0.3 is 5.11 Å². The number of hydrogen-bond acceptors (Lipinski definition) is 2. The molecule has 0 spiro atoms. The zero-order valence-electron chi connectivity index (χ0n) is 8.66. The predicted octanol–water partition coefficient (Wildman–Crippen LogP) is 3.43. The van der Waals surface area contributed by atoms with Crippen molar-refractivity contribution in [3.05, 3.63) is 28.2 Å². The van der Waals surface area contributed by atoms with Crippen LogP contribution in [0.2, 0.25) is 0 Å². The minimum absolute atomic E-state index is 0.342. The quantitative estimate of drug-likeness (QED) is 0.863. The van der Waals surface area contributed by atoms with Gasteiger partial charge >= 0.3 is 5.97 Å². The van der Waals surface area contributed by atoms with E-state index in [4.69, 9.17) is 5.11 Å². The van der Waals surface area contributed by atoms with Gasteiger partial charge in [-0.25, -0.2) is 0 Å². The lowest BCUT2D eigenvalue weighted by Gasteiger charge is -2.10. The van der Waals surface area contributed by atoms with Gasteiger partial charge in [0.15, 0.2) is 0 Å². The molecule has 1 atom stereocenters. The van der Waals surface area contributed by atoms with Crippen LogP contribution in [0.15, 0.2) is 27.6 Å². The number of hydrogen-bond donors (Lipinski definition) is 1. The summed E-state index contributed by atoms with van der Waals surface area (Å²) < 4.78 is 0.993. The Hall–Kier alpha value is -0.480. The number of thioether (sulfide) groups is 1. The number of halogens is 1. The second-order valence-corrected chi connectivity index (χ2v) is 5.16. The van der Waals surface area contributed by atoms with Crippen molar-refractivity contribution >= 4 is 33.7 Å². The first-order chi connectivity index (χ1) is 7.04. The molecule has 1 aromatic carbocycles. The summed E-state index contributed by atoms with van der Waals surface area (Å²) in [5, 5.41) is 8.86. The highest BCUT2D eigenvalue weighted by Gasteiger charge is 2.13. The monoisotopic (exact) mass is 288 g/mol. The van der Waals surface area contributed by atoms with Crippen molar-refractivity contribution in [2.45, 2.75) is 18.2 Å². The van der Waals surface area contributed by atoms with Crippen LogP contribution in [0.3, 0.4) is 0 Å². The SMILES string of the molecule is CSc1ccc(Br)cc1CC(C)C(=O)O. The number of carboxylic acid groups (broad SMARTS) is 1. The minimum atomic E-state index is -0.748. The van der Waals surface area contributed by atoms with E-state index in [1.165, 1.54) is 0 Å². The summed E-state index contributed by atoms with van der Waals surface area (Å²) in [4.78, 5) is 11.9. The van der Waals surface area contributed by atoms with E-state index in [-0.39, 0.29) is 5.92 Å². The molecule has 0 saturated carbocycles. The molecule has 0 bridgehead atoms. The molecule has 0 aliphatic rings. The second-order valence-electron chi connectivity index (χ2n) is 3.40. The second kappa shape index (κ2) is 5.56. The smallest absolute Gasteiger partial charge is 0.306 e. The fourth-order valence-electron chi connectivity index (χ4n) is 1.32. The molecule has 1 aromatic rings. The van der Waals surface area contributed by atoms with Crippen molar-refractivity contribution < 1.29 is 9.90 Å². The lowest BCUT2D eigenvalue weighted by molar-refractivity contribution is -0.141. The van der Waals surface area contributed by atoms with Crippen molar-refractivity contribution in [3.8, 4) is 0 Å². The summed E-state index contributed by atoms with van der Waals surface area (Å²) in [6.07, 6.45) is 2.57. The van der Waals surface area contributed by atoms with E-state index in [1.807, 2.05) is 24.5 Å². The molecule has 0 radical (unpaired) electrons. The minimum Gasteiger partial charge on any atom is -0.481 e. The Morgan fingerprint density at radius 3 is 2.80 bits per heavy atom. The first-order valence-corrected chi connectivity index (χ1v) is 6.61. The van der Waals surface area contributed by atoms with E-state index in [1.54, 1.807) is 18.7 Å². The van der Waals surface area contributed by atoms with Gasteiger partial charge in [-0.2, -0.15) is 0 Å². The Morgan fingerprint density at radius 2 is 2.27 bits per heavy atom. The number of carbonyl (C=O) groups is 1. The molecule has 4 heteroatoms. The molecule has 15 heavy (non-hydrogen) atoms. The predicted molar refractivity (Wildman–Crippen MR) is 66.4 cm³/mol. The maximum atomic E-state index is 10.8. The standard InChI is InChI=1S/C11H13BrO2S/c1-7(11(13)14)5-8-6-9(12)3-4-10(8)15-2/h3-4,6-7H,5H2,1-2H3,(H,13,14). The molecule has 2 nitrogen and oxygen atoms in total. The van der Waals surface area contributed by atoms with Gasteiger partial charge in [-0.05, 0) is 36.4 Å². The Kier molecular flexibility index (Phi) is 4.67. The average Bonchev–Trinajstić information content (AvgIpc) is 2.18. The summed E-state index contributed by atoms with van der Waals surface area (Å²) in [7, 11) is 0. The summed E-state index contributed by atoms with van der Waals surface area (Å²) in [6.45, 7) is 1.73. The highest BCUT2D eigenvalue weighted by molar-refractivity contribution is 9.10. The molecule has 82 valence electrons. The molecule has 1 N–H and O–H groups in total. The third kappa shape index (κ3) is 3.54. The highest BCUT2D eigenvalue weighted by atomic mass is 79.9. The van der Waals surface area contributed by atoms with Crippen molar-refractivity contribution in [2.75, 3.05) is 6.26 Å². The first-order valence-electron chi connectivity index (χ1n) is 4.59. The first kappa shape index (κ1) is 12.6. The molecule has 0 fully saturated rings. The van der Waals surface area contributed by atoms with Crippen LogP contribution in [-0.4, -0.2) is 17.3 Å². The zero-order chi connectivity index (χ0) is 11.4. The Morgan fingerprint density at radius 1 is 1.60 bits per heavy atom. The topological polar surface area (TPSA) is 37.3 Å². The normalized spacial score (nSPS) is 12.5. The van der Waals surface area contributed by atoms with Gasteiger partial charge in [0.05, 0.1) is 5.92 Å². The highest BCUT2D eigenvalue weighted by Crippen LogP contribution is 2.26. The maximum absolute atomic E-state index is 10.8. The van der Waals surface area contributed by atoms with Gasteiger partial charge in [0, 0.05) is 9.37 Å². The van der Waals surface area contributed by atoms with E-state index in [2.05, 4.69) is 15.9 Å². The number of benzene rings is 1. The molecule has 0 aliphatic carbocycles. The maximum Gasteiger partial charge on any atom is 0.306 e. The fourth-order valence-corrected chi connectivity index (χ4v) is 2.34. The van der Waals surface area contributed by atoms with Crippen molar-refractivity contribution in [3.63, 3.8) is 0 Å². The molecule has 1 rings (SSSR count). The van der Waals surface area contributed by atoms with Crippen LogP contribution in [0.1, 0.15) is 12.5 Å². The molecular weight excluding hydrogens is 276 g/mol. The average molecular weight is 289 g/mol. The van der Waals surface area contributed by atoms with E-state index in [9.17, 15) is 4.79 Å². The van der Waals surface area contributed by atoms with E-state index < -0.39 is 5.97 Å². The van der Waals surface area contributed by atoms with Crippen LogP contribution in [0.25, 0.3) is 0 Å². The molecule has 0 aliphatic heterocycles. The van der Waals surface area contributed by atoms with E-state index >= 15 is 0 Å². The van der Waals surface area contributed by atoms with E-state index in [0.29, 0.717) is 6.42 Å². The molecule has 1 unspecified atom stereocenters. The van der Waals surface area contributed by atoms with Crippen molar-refractivity contribution in [1.29, 1.82) is 0 Å². The zero-order valence-corrected chi connectivity index (χ0v) is 11.1. The number of aliphatic carboxylic acids is 1. The lowest BCUT2D eigenvalue weighted by Crippen LogP contribution is -2.12. The molecule has 0 heterocycles. The van der Waals surface area contributed by atoms with Crippen LogP contribution in [-0.2, 0) is 11.2 Å². The molecule has 0 amide bonds. The number of carboxylic acids is 1. The Labute approximate surface area is 102 Å².